The van der Waals surface area contributed by atoms with Gasteiger partial charge in [0, 0.05) is 0 Å². The zero-order valence-electron chi connectivity index (χ0n) is 10.9. The first kappa shape index (κ1) is 15.6. The molecule has 1 rings (SSSR count). The van der Waals surface area contributed by atoms with Gasteiger partial charge in [-0.2, -0.15) is 0 Å². The van der Waals surface area contributed by atoms with Crippen LogP contribution in [0.3, 0.4) is 0 Å². The number of hydrogen-bond donors (Lipinski definition) is 0. The molecule has 0 bridgehead atoms. The molecular formula is C13H17O5P. The first-order valence-corrected chi connectivity index (χ1v) is 7.55. The molecule has 0 amide bonds. The smallest absolute Gasteiger partial charge is 0.357 e. The van der Waals surface area contributed by atoms with Crippen LogP contribution in [-0.4, -0.2) is 19.2 Å². The fourth-order valence-corrected chi connectivity index (χ4v) is 2.47. The Balaban J connectivity index is 2.61. The fourth-order valence-electron chi connectivity index (χ4n) is 1.29. The number of carbonyl (C=O) groups excluding carboxylic acids is 1. The molecule has 5 nitrogen and oxygen atoms in total. The predicted molar refractivity (Wildman–Crippen MR) is 71.9 cm³/mol. The minimum Gasteiger partial charge on any atom is -0.431 e. The molecule has 1 aromatic rings. The summed E-state index contributed by atoms with van der Waals surface area (Å²) in [5.41, 5.74) is 0.412. The molecule has 6 heteroatoms. The standard InChI is InChI=1S/C13H17O5P/c1-3-17-19(15,18-4-2)11-10-16-13(14)12-8-6-5-7-9-12/h5-11H,3-4H2,1-2H3. The zero-order valence-corrected chi connectivity index (χ0v) is 11.8. The van der Waals surface area contributed by atoms with Gasteiger partial charge in [-0.15, -0.1) is 0 Å². The van der Waals surface area contributed by atoms with E-state index >= 15 is 0 Å². The average molecular weight is 284 g/mol. The summed E-state index contributed by atoms with van der Waals surface area (Å²) in [6.45, 7) is 3.90. The van der Waals surface area contributed by atoms with Gasteiger partial charge >= 0.3 is 13.6 Å². The van der Waals surface area contributed by atoms with E-state index in [0.29, 0.717) is 5.56 Å². The Hall–Kier alpha value is -1.42. The maximum Gasteiger partial charge on any atom is 0.357 e. The SMILES string of the molecule is CCOP(=O)(C=COC(=O)c1ccccc1)OCC. The summed E-state index contributed by atoms with van der Waals surface area (Å²) in [7, 11) is -3.32. The highest BCUT2D eigenvalue weighted by Crippen LogP contribution is 2.49. The molecule has 0 fully saturated rings. The van der Waals surface area contributed by atoms with Crippen LogP contribution in [0.2, 0.25) is 0 Å². The summed E-state index contributed by atoms with van der Waals surface area (Å²) >= 11 is 0. The molecule has 0 spiro atoms. The third-order valence-electron chi connectivity index (χ3n) is 2.05. The van der Waals surface area contributed by atoms with E-state index in [9.17, 15) is 9.36 Å². The Labute approximate surface area is 112 Å². The third-order valence-corrected chi connectivity index (χ3v) is 3.77. The van der Waals surface area contributed by atoms with Gasteiger partial charge in [0.2, 0.25) is 0 Å². The van der Waals surface area contributed by atoms with E-state index in [1.165, 1.54) is 0 Å². The lowest BCUT2D eigenvalue weighted by Crippen LogP contribution is -2.00. The summed E-state index contributed by atoms with van der Waals surface area (Å²) in [5.74, 6) is 0.609. The molecule has 0 N–H and O–H groups in total. The van der Waals surface area contributed by atoms with Crippen LogP contribution >= 0.6 is 7.60 Å². The van der Waals surface area contributed by atoms with Crippen LogP contribution in [0.5, 0.6) is 0 Å². The average Bonchev–Trinajstić information content (AvgIpc) is 2.40. The molecule has 0 saturated carbocycles. The Morgan fingerprint density at radius 3 is 2.26 bits per heavy atom. The number of benzene rings is 1. The molecule has 0 aliphatic heterocycles. The van der Waals surface area contributed by atoms with Crippen molar-refractivity contribution in [2.24, 2.45) is 0 Å². The van der Waals surface area contributed by atoms with Crippen LogP contribution in [0.15, 0.2) is 42.4 Å². The first-order valence-electron chi connectivity index (χ1n) is 5.94. The van der Waals surface area contributed by atoms with Gasteiger partial charge in [0.05, 0.1) is 24.6 Å². The van der Waals surface area contributed by atoms with Gasteiger partial charge in [-0.1, -0.05) is 18.2 Å². The van der Waals surface area contributed by atoms with E-state index in [1.807, 2.05) is 0 Å². The molecule has 0 atom stereocenters. The lowest BCUT2D eigenvalue weighted by atomic mass is 10.2. The first-order chi connectivity index (χ1) is 9.11. The normalized spacial score (nSPS) is 11.7. The molecule has 0 radical (unpaired) electrons. The monoisotopic (exact) mass is 284 g/mol. The number of hydrogen-bond acceptors (Lipinski definition) is 5. The summed E-state index contributed by atoms with van der Waals surface area (Å²) in [4.78, 5) is 11.6. The Morgan fingerprint density at radius 1 is 1.16 bits per heavy atom. The van der Waals surface area contributed by atoms with Crippen molar-refractivity contribution >= 4 is 13.6 Å². The van der Waals surface area contributed by atoms with E-state index in [2.05, 4.69) is 0 Å². The van der Waals surface area contributed by atoms with Crippen molar-refractivity contribution in [2.45, 2.75) is 13.8 Å². The van der Waals surface area contributed by atoms with E-state index < -0.39 is 13.6 Å². The highest BCUT2D eigenvalue weighted by molar-refractivity contribution is 7.57. The lowest BCUT2D eigenvalue weighted by Gasteiger charge is -2.12. The number of ether oxygens (including phenoxy) is 1. The van der Waals surface area contributed by atoms with Crippen LogP contribution in [0, 0.1) is 0 Å². The molecule has 104 valence electrons. The second-order valence-electron chi connectivity index (χ2n) is 3.43. The van der Waals surface area contributed by atoms with E-state index in [1.54, 1.807) is 44.2 Å². The molecule has 0 aliphatic rings. The second kappa shape index (κ2) is 7.89. The Kier molecular flexibility index (Phi) is 6.50. The van der Waals surface area contributed by atoms with Crippen molar-refractivity contribution in [3.05, 3.63) is 48.0 Å². The fraction of sp³-hybridized carbons (Fsp3) is 0.308. The molecular weight excluding hydrogens is 267 g/mol. The van der Waals surface area contributed by atoms with Crippen molar-refractivity contribution in [1.29, 1.82) is 0 Å². The Bertz CT molecular complexity index is 459. The lowest BCUT2D eigenvalue weighted by molar-refractivity contribution is 0.0663. The molecule has 0 unspecified atom stereocenters. The minimum absolute atomic E-state index is 0.244. The molecule has 1 aromatic carbocycles. The quantitative estimate of drug-likeness (QED) is 0.435. The van der Waals surface area contributed by atoms with Crippen LogP contribution in [-0.2, 0) is 18.3 Å². The molecule has 0 heterocycles. The second-order valence-corrected chi connectivity index (χ2v) is 5.33. The summed E-state index contributed by atoms with van der Waals surface area (Å²) in [5, 5.41) is 0. The third kappa shape index (κ3) is 5.39. The topological polar surface area (TPSA) is 61.8 Å². The van der Waals surface area contributed by atoms with Crippen LogP contribution in [0.4, 0.5) is 0 Å². The van der Waals surface area contributed by atoms with Crippen molar-refractivity contribution in [1.82, 2.24) is 0 Å². The zero-order chi connectivity index (χ0) is 14.1. The molecule has 19 heavy (non-hydrogen) atoms. The summed E-state index contributed by atoms with van der Waals surface area (Å²) in [6, 6.07) is 8.50. The van der Waals surface area contributed by atoms with Crippen LogP contribution in [0.1, 0.15) is 24.2 Å². The maximum atomic E-state index is 12.0. The van der Waals surface area contributed by atoms with Gasteiger partial charge in [0.25, 0.3) is 0 Å². The number of esters is 1. The van der Waals surface area contributed by atoms with Crippen molar-refractivity contribution in [3.63, 3.8) is 0 Å². The van der Waals surface area contributed by atoms with Crippen LogP contribution < -0.4 is 0 Å². The van der Waals surface area contributed by atoms with Gasteiger partial charge in [-0.05, 0) is 26.0 Å². The highest BCUT2D eigenvalue weighted by atomic mass is 31.2. The maximum absolute atomic E-state index is 12.0. The van der Waals surface area contributed by atoms with Crippen LogP contribution in [0.25, 0.3) is 0 Å². The van der Waals surface area contributed by atoms with Gasteiger partial charge in [-0.25, -0.2) is 4.79 Å². The molecule has 0 aliphatic carbocycles. The van der Waals surface area contributed by atoms with E-state index in [-0.39, 0.29) is 13.2 Å². The summed E-state index contributed by atoms with van der Waals surface area (Å²) < 4.78 is 26.9. The number of rotatable bonds is 7. The van der Waals surface area contributed by atoms with Crippen molar-refractivity contribution in [2.75, 3.05) is 13.2 Å². The largest absolute Gasteiger partial charge is 0.431 e. The number of carbonyl (C=O) groups is 1. The molecule has 0 saturated heterocycles. The summed E-state index contributed by atoms with van der Waals surface area (Å²) in [6.07, 6.45) is 1.04. The van der Waals surface area contributed by atoms with Gasteiger partial charge in [-0.3, -0.25) is 4.57 Å². The van der Waals surface area contributed by atoms with E-state index in [0.717, 1.165) is 12.1 Å². The minimum atomic E-state index is -3.32. The van der Waals surface area contributed by atoms with Gasteiger partial charge in [0.1, 0.15) is 6.26 Å². The Morgan fingerprint density at radius 2 is 1.74 bits per heavy atom. The van der Waals surface area contributed by atoms with Gasteiger partial charge in [0.15, 0.2) is 0 Å². The van der Waals surface area contributed by atoms with Gasteiger partial charge < -0.3 is 13.8 Å². The van der Waals surface area contributed by atoms with E-state index in [4.69, 9.17) is 13.8 Å². The van der Waals surface area contributed by atoms with Crippen molar-refractivity contribution in [3.8, 4) is 0 Å². The molecule has 0 aromatic heterocycles. The van der Waals surface area contributed by atoms with Crippen molar-refractivity contribution < 1.29 is 23.1 Å². The predicted octanol–water partition coefficient (Wildman–Crippen LogP) is 3.58. The highest BCUT2D eigenvalue weighted by Gasteiger charge is 2.19.